The number of hydrogen-bond acceptors (Lipinski definition) is 0. The summed E-state index contributed by atoms with van der Waals surface area (Å²) in [5, 5.41) is 2.33. The zero-order valence-corrected chi connectivity index (χ0v) is 20.0. The first-order valence-corrected chi connectivity index (χ1v) is 14.3. The molecule has 0 radical (unpaired) electrons. The van der Waals surface area contributed by atoms with E-state index in [1.54, 1.807) is 0 Å². The average Bonchev–Trinajstić information content (AvgIpc) is 2.57. The normalized spacial score (nSPS) is 11.2. The molecule has 0 heterocycles. The minimum absolute atomic E-state index is 0.778. The van der Waals surface area contributed by atoms with Crippen LogP contribution in [0, 0.1) is 20.8 Å². The van der Waals surface area contributed by atoms with Crippen molar-refractivity contribution < 1.29 is 0 Å². The van der Waals surface area contributed by atoms with E-state index in [4.69, 9.17) is 34.8 Å². The van der Waals surface area contributed by atoms with Gasteiger partial charge in [0.05, 0.1) is 0 Å². The van der Waals surface area contributed by atoms with Crippen LogP contribution in [0.25, 0.3) is 0 Å². The summed E-state index contributed by atoms with van der Waals surface area (Å²) < 4.78 is 4.12. The van der Waals surface area contributed by atoms with Gasteiger partial charge in [-0.1, -0.05) is 0 Å². The second-order valence-electron chi connectivity index (χ2n) is 6.13. The molecule has 3 aromatic carbocycles. The fourth-order valence-electron chi connectivity index (χ4n) is 2.86. The summed E-state index contributed by atoms with van der Waals surface area (Å²) in [4.78, 5) is 0. The van der Waals surface area contributed by atoms with Crippen LogP contribution < -0.4 is 9.81 Å². The molecule has 0 aliphatic carbocycles. The Bertz CT molecular complexity index is 812. The third-order valence-electron chi connectivity index (χ3n) is 4.24. The number of benzene rings is 3. The standard InChI is InChI=1S/3C7H6Cl.Bi/c3*1-6-2-4-7(8)5-3-6;/h3*2,4-5H,1H3;. The van der Waals surface area contributed by atoms with E-state index < -0.39 is 21.8 Å². The number of halogens is 3. The molecule has 25 heavy (non-hydrogen) atoms. The topological polar surface area (TPSA) is 0 Å². The molecule has 0 atom stereocenters. The van der Waals surface area contributed by atoms with Gasteiger partial charge in [0.15, 0.2) is 0 Å². The van der Waals surface area contributed by atoms with Crippen molar-refractivity contribution in [1.29, 1.82) is 0 Å². The van der Waals surface area contributed by atoms with Crippen LogP contribution in [-0.4, -0.2) is 21.8 Å². The molecule has 0 aromatic heterocycles. The van der Waals surface area contributed by atoms with Crippen molar-refractivity contribution in [1.82, 2.24) is 0 Å². The fourth-order valence-corrected chi connectivity index (χ4v) is 15.5. The van der Waals surface area contributed by atoms with Gasteiger partial charge in [0.1, 0.15) is 0 Å². The second kappa shape index (κ2) is 7.97. The summed E-state index contributed by atoms with van der Waals surface area (Å²) in [7, 11) is 0. The van der Waals surface area contributed by atoms with Gasteiger partial charge >= 0.3 is 173 Å². The van der Waals surface area contributed by atoms with E-state index in [1.807, 2.05) is 18.2 Å². The summed E-state index contributed by atoms with van der Waals surface area (Å²) in [6.07, 6.45) is 0. The van der Waals surface area contributed by atoms with Crippen molar-refractivity contribution in [3.05, 3.63) is 86.4 Å². The van der Waals surface area contributed by atoms with Gasteiger partial charge in [0.2, 0.25) is 0 Å². The van der Waals surface area contributed by atoms with E-state index in [2.05, 4.69) is 57.2 Å². The molecule has 0 unspecified atom stereocenters. The third kappa shape index (κ3) is 4.22. The number of rotatable bonds is 3. The van der Waals surface area contributed by atoms with Crippen molar-refractivity contribution in [3.8, 4) is 0 Å². The Hall–Kier alpha value is -0.587. The molecular formula is C21H18BiCl3. The molecule has 128 valence electrons. The molecule has 0 N–H and O–H groups in total. The van der Waals surface area contributed by atoms with Crippen LogP contribution in [0.1, 0.15) is 16.7 Å². The van der Waals surface area contributed by atoms with E-state index in [0.29, 0.717) is 0 Å². The van der Waals surface area contributed by atoms with Gasteiger partial charge in [-0.15, -0.1) is 0 Å². The predicted molar refractivity (Wildman–Crippen MR) is 113 cm³/mol. The van der Waals surface area contributed by atoms with Crippen LogP contribution in [0.3, 0.4) is 0 Å². The van der Waals surface area contributed by atoms with Crippen LogP contribution in [0.5, 0.6) is 0 Å². The van der Waals surface area contributed by atoms with E-state index in [9.17, 15) is 0 Å². The zero-order valence-electron chi connectivity index (χ0n) is 14.3. The molecular weight excluding hydrogens is 568 g/mol. The Kier molecular flexibility index (Phi) is 6.12. The van der Waals surface area contributed by atoms with Crippen LogP contribution in [0.2, 0.25) is 15.1 Å². The molecule has 0 amide bonds. The first-order valence-electron chi connectivity index (χ1n) is 7.95. The predicted octanol–water partition coefficient (Wildman–Crippen LogP) is 5.09. The maximum atomic E-state index is 6.36. The van der Waals surface area contributed by atoms with Crippen LogP contribution in [0.15, 0.2) is 54.6 Å². The third-order valence-corrected chi connectivity index (χ3v) is 16.2. The van der Waals surface area contributed by atoms with Crippen molar-refractivity contribution in [2.75, 3.05) is 0 Å². The van der Waals surface area contributed by atoms with E-state index in [0.717, 1.165) is 15.1 Å². The van der Waals surface area contributed by atoms with Gasteiger partial charge in [-0.25, -0.2) is 0 Å². The van der Waals surface area contributed by atoms with Crippen molar-refractivity contribution in [2.45, 2.75) is 20.8 Å². The van der Waals surface area contributed by atoms with Crippen LogP contribution >= 0.6 is 34.8 Å². The Morgan fingerprint density at radius 2 is 0.800 bits per heavy atom. The van der Waals surface area contributed by atoms with Crippen molar-refractivity contribution in [2.24, 2.45) is 0 Å². The van der Waals surface area contributed by atoms with Gasteiger partial charge in [-0.05, 0) is 0 Å². The Morgan fingerprint density at radius 1 is 0.520 bits per heavy atom. The first-order chi connectivity index (χ1) is 11.9. The molecule has 3 aromatic rings. The summed E-state index contributed by atoms with van der Waals surface area (Å²) >= 11 is 16.5. The fraction of sp³-hybridized carbons (Fsp3) is 0.143. The van der Waals surface area contributed by atoms with Gasteiger partial charge in [0.25, 0.3) is 0 Å². The van der Waals surface area contributed by atoms with Crippen LogP contribution in [-0.2, 0) is 0 Å². The molecule has 0 saturated heterocycles. The molecule has 0 fully saturated rings. The summed E-state index contributed by atoms with van der Waals surface area (Å²) in [6, 6.07) is 18.6. The zero-order chi connectivity index (χ0) is 18.1. The van der Waals surface area contributed by atoms with Gasteiger partial charge in [-0.2, -0.15) is 0 Å². The molecule has 0 saturated carbocycles. The first kappa shape index (κ1) is 19.2. The molecule has 0 bridgehead atoms. The molecule has 0 aliphatic heterocycles. The minimum atomic E-state index is -2.60. The Labute approximate surface area is 172 Å². The number of aryl methyl sites for hydroxylation is 3. The van der Waals surface area contributed by atoms with Gasteiger partial charge in [-0.3, -0.25) is 0 Å². The summed E-state index contributed by atoms with van der Waals surface area (Å²) in [5.41, 5.74) is 3.84. The Balaban J connectivity index is 2.34. The molecule has 0 spiro atoms. The Morgan fingerprint density at radius 3 is 1.08 bits per heavy atom. The SMILES string of the molecule is Cc1ccc(Cl)c[c]1[Bi]([c]1cc(Cl)ccc1C)[c]1cc(Cl)ccc1C. The van der Waals surface area contributed by atoms with Crippen molar-refractivity contribution >= 4 is 66.4 Å². The number of hydrogen-bond donors (Lipinski definition) is 0. The molecule has 0 nitrogen and oxygen atoms in total. The second-order valence-corrected chi connectivity index (χ2v) is 15.7. The van der Waals surface area contributed by atoms with Crippen LogP contribution in [0.4, 0.5) is 0 Å². The maximum absolute atomic E-state index is 6.36. The quantitative estimate of drug-likeness (QED) is 0.376. The summed E-state index contributed by atoms with van der Waals surface area (Å²) in [6.45, 7) is 6.48. The molecule has 3 rings (SSSR count). The van der Waals surface area contributed by atoms with Crippen molar-refractivity contribution in [3.63, 3.8) is 0 Å². The molecule has 4 heteroatoms. The van der Waals surface area contributed by atoms with E-state index in [1.165, 1.54) is 26.5 Å². The molecule has 0 aliphatic rings. The average molecular weight is 586 g/mol. The summed E-state index contributed by atoms with van der Waals surface area (Å²) in [5.74, 6) is 0. The van der Waals surface area contributed by atoms with Gasteiger partial charge in [0, 0.05) is 0 Å². The van der Waals surface area contributed by atoms with E-state index in [-0.39, 0.29) is 0 Å². The van der Waals surface area contributed by atoms with Gasteiger partial charge < -0.3 is 0 Å². The monoisotopic (exact) mass is 584 g/mol. The van der Waals surface area contributed by atoms with E-state index >= 15 is 0 Å².